The lowest BCUT2D eigenvalue weighted by molar-refractivity contribution is -0.191. The summed E-state index contributed by atoms with van der Waals surface area (Å²) < 4.78 is 66.6. The fraction of sp³-hybridized carbons (Fsp3) is 0.250. The molecule has 208 valence electrons. The third-order valence-electron chi connectivity index (χ3n) is 6.92. The number of methoxy groups -OCH3 is 1. The van der Waals surface area contributed by atoms with Crippen LogP contribution in [-0.4, -0.2) is 40.9 Å². The van der Waals surface area contributed by atoms with Crippen molar-refractivity contribution in [3.63, 3.8) is 0 Å². The summed E-state index contributed by atoms with van der Waals surface area (Å²) in [5.41, 5.74) is 7.26. The number of nitrogens with zero attached hydrogens (tertiary/aromatic N) is 2. The number of ether oxygens (including phenoxy) is 2. The lowest BCUT2D eigenvalue weighted by Crippen LogP contribution is -2.51. The largest absolute Gasteiger partial charge is 0.494 e. The maximum Gasteiger partial charge on any atom is 0.414 e. The van der Waals surface area contributed by atoms with Gasteiger partial charge >= 0.3 is 6.18 Å². The minimum Gasteiger partial charge on any atom is -0.494 e. The molecule has 0 aliphatic carbocycles. The molecule has 0 bridgehead atoms. The molecule has 40 heavy (non-hydrogen) atoms. The second kappa shape index (κ2) is 9.42. The Kier molecular flexibility index (Phi) is 6.42. The van der Waals surface area contributed by atoms with Gasteiger partial charge in [-0.15, -0.1) is 0 Å². The van der Waals surface area contributed by atoms with Gasteiger partial charge in [-0.2, -0.15) is 13.2 Å². The number of nitrogens with two attached hydrogens (primary N) is 2. The summed E-state index contributed by atoms with van der Waals surface area (Å²) in [4.78, 5) is 20.7. The molecule has 12 heteroatoms. The highest BCUT2D eigenvalue weighted by atomic mass is 19.4. The van der Waals surface area contributed by atoms with Gasteiger partial charge in [0.15, 0.2) is 11.3 Å². The third-order valence-corrected chi connectivity index (χ3v) is 6.92. The van der Waals surface area contributed by atoms with Crippen LogP contribution in [0.15, 0.2) is 54.6 Å². The van der Waals surface area contributed by atoms with Crippen LogP contribution >= 0.6 is 0 Å². The van der Waals surface area contributed by atoms with Gasteiger partial charge in [0.1, 0.15) is 35.0 Å². The second-order valence-electron chi connectivity index (χ2n) is 9.87. The first-order valence-corrected chi connectivity index (χ1v) is 12.0. The van der Waals surface area contributed by atoms with Crippen LogP contribution in [0.4, 0.5) is 17.6 Å². The molecule has 3 heterocycles. The van der Waals surface area contributed by atoms with E-state index in [0.29, 0.717) is 16.6 Å². The van der Waals surface area contributed by atoms with Gasteiger partial charge in [-0.25, -0.2) is 14.4 Å². The third kappa shape index (κ3) is 4.58. The molecule has 0 fully saturated rings. The molecule has 0 radical (unpaired) electrons. The fourth-order valence-electron chi connectivity index (χ4n) is 4.67. The zero-order valence-electron chi connectivity index (χ0n) is 21.3. The van der Waals surface area contributed by atoms with Crippen molar-refractivity contribution in [2.45, 2.75) is 30.7 Å². The first-order chi connectivity index (χ1) is 18.7. The standard InChI is InChI=1S/C28H24F4N4O4/c1-26(38,12-18-8-5-15-9-16(25(33)37)10-20(39-2)22(15)35-18)21-11-19-24(40-13-27(19,34)28(30,31)32)23(36-21)14-3-6-17(29)7-4-14/h3-11,38H,12-13,34H2,1-2H3,(H2,33,37)/t26-,27-/m0/s1. The van der Waals surface area contributed by atoms with Crippen LogP contribution in [0, 0.1) is 5.82 Å². The SMILES string of the molecule is COc1cc(C(N)=O)cc2ccc(C[C@](C)(O)c3cc4c(c(-c5ccc(F)cc5)n3)OC[C@@]4(N)C(F)(F)F)nc12. The molecular weight excluding hydrogens is 532 g/mol. The number of amides is 1. The Labute approximate surface area is 225 Å². The minimum atomic E-state index is -4.87. The molecule has 4 aromatic rings. The molecule has 8 nitrogen and oxygen atoms in total. The van der Waals surface area contributed by atoms with Crippen molar-refractivity contribution in [2.24, 2.45) is 11.5 Å². The monoisotopic (exact) mass is 556 g/mol. The van der Waals surface area contributed by atoms with Crippen LogP contribution in [-0.2, 0) is 17.6 Å². The van der Waals surface area contributed by atoms with Gasteiger partial charge in [-0.05, 0) is 55.5 Å². The number of aliphatic hydroxyl groups is 1. The van der Waals surface area contributed by atoms with E-state index >= 15 is 0 Å². The maximum atomic E-state index is 14.1. The van der Waals surface area contributed by atoms with Gasteiger partial charge in [0, 0.05) is 34.2 Å². The van der Waals surface area contributed by atoms with Gasteiger partial charge in [-0.1, -0.05) is 6.07 Å². The number of alkyl halides is 3. The number of benzene rings is 2. The quantitative estimate of drug-likeness (QED) is 0.305. The summed E-state index contributed by atoms with van der Waals surface area (Å²) in [6.07, 6.45) is -5.04. The molecule has 2 aromatic carbocycles. The van der Waals surface area contributed by atoms with Crippen molar-refractivity contribution < 1.29 is 36.9 Å². The Balaban J connectivity index is 1.62. The molecule has 0 unspecified atom stereocenters. The Morgan fingerprint density at radius 3 is 2.45 bits per heavy atom. The summed E-state index contributed by atoms with van der Waals surface area (Å²) in [6, 6.07) is 12.3. The lowest BCUT2D eigenvalue weighted by Gasteiger charge is -2.28. The molecule has 2 aromatic heterocycles. The molecule has 2 atom stereocenters. The molecule has 0 saturated heterocycles. The zero-order valence-corrected chi connectivity index (χ0v) is 21.3. The summed E-state index contributed by atoms with van der Waals surface area (Å²) in [5, 5.41) is 12.1. The summed E-state index contributed by atoms with van der Waals surface area (Å²) in [7, 11) is 1.40. The molecule has 1 amide bonds. The van der Waals surface area contributed by atoms with E-state index in [1.807, 2.05) is 0 Å². The van der Waals surface area contributed by atoms with Crippen molar-refractivity contribution in [3.05, 3.63) is 82.9 Å². The van der Waals surface area contributed by atoms with Gasteiger partial charge < -0.3 is 26.0 Å². The molecule has 1 aliphatic heterocycles. The molecule has 0 saturated carbocycles. The first kappa shape index (κ1) is 27.3. The molecule has 5 rings (SSSR count). The number of rotatable bonds is 6. The molecule has 1 aliphatic rings. The number of hydrogen-bond acceptors (Lipinski definition) is 7. The van der Waals surface area contributed by atoms with Crippen LogP contribution in [0.5, 0.6) is 11.5 Å². The van der Waals surface area contributed by atoms with E-state index in [1.165, 1.54) is 32.2 Å². The van der Waals surface area contributed by atoms with Gasteiger partial charge in [0.25, 0.3) is 0 Å². The normalized spacial score (nSPS) is 18.2. The van der Waals surface area contributed by atoms with E-state index < -0.39 is 41.2 Å². The highest BCUT2D eigenvalue weighted by Crippen LogP contribution is 2.49. The fourth-order valence-corrected chi connectivity index (χ4v) is 4.67. The predicted octanol–water partition coefficient (Wildman–Crippen LogP) is 4.10. The Morgan fingerprint density at radius 2 is 1.82 bits per heavy atom. The zero-order chi connectivity index (χ0) is 29.0. The number of halogens is 4. The number of primary amides is 1. The second-order valence-corrected chi connectivity index (χ2v) is 9.87. The van der Waals surface area contributed by atoms with Crippen molar-refractivity contribution in [2.75, 3.05) is 13.7 Å². The van der Waals surface area contributed by atoms with Crippen molar-refractivity contribution in [1.29, 1.82) is 0 Å². The van der Waals surface area contributed by atoms with Crippen LogP contribution in [0.25, 0.3) is 22.2 Å². The van der Waals surface area contributed by atoms with Gasteiger partial charge in [0.2, 0.25) is 5.91 Å². The number of pyridine rings is 2. The van der Waals surface area contributed by atoms with E-state index in [9.17, 15) is 27.5 Å². The van der Waals surface area contributed by atoms with Crippen LogP contribution < -0.4 is 20.9 Å². The Bertz CT molecular complexity index is 1640. The lowest BCUT2D eigenvalue weighted by atomic mass is 9.87. The topological polar surface area (TPSA) is 134 Å². The van der Waals surface area contributed by atoms with E-state index in [4.69, 9.17) is 20.9 Å². The Morgan fingerprint density at radius 1 is 1.12 bits per heavy atom. The predicted molar refractivity (Wildman–Crippen MR) is 137 cm³/mol. The average molecular weight is 557 g/mol. The van der Waals surface area contributed by atoms with Crippen molar-refractivity contribution in [1.82, 2.24) is 9.97 Å². The van der Waals surface area contributed by atoms with Crippen LogP contribution in [0.1, 0.15) is 34.2 Å². The summed E-state index contributed by atoms with van der Waals surface area (Å²) >= 11 is 0. The number of carbonyl (C=O) groups excluding carboxylic acids is 1. The van der Waals surface area contributed by atoms with Gasteiger partial charge in [-0.3, -0.25) is 4.79 Å². The molecule has 0 spiro atoms. The summed E-state index contributed by atoms with van der Waals surface area (Å²) in [6.45, 7) is 0.504. The number of aromatic nitrogens is 2. The molecule has 5 N–H and O–H groups in total. The molecular formula is C28H24F4N4O4. The highest BCUT2D eigenvalue weighted by Gasteiger charge is 2.59. The van der Waals surface area contributed by atoms with Crippen LogP contribution in [0.2, 0.25) is 0 Å². The summed E-state index contributed by atoms with van der Waals surface area (Å²) in [5.74, 6) is -1.11. The number of hydrogen-bond donors (Lipinski definition) is 3. The van der Waals surface area contributed by atoms with Crippen LogP contribution in [0.3, 0.4) is 0 Å². The average Bonchev–Trinajstić information content (AvgIpc) is 3.25. The van der Waals surface area contributed by atoms with Gasteiger partial charge in [0.05, 0.1) is 12.8 Å². The minimum absolute atomic E-state index is 0.0172. The van der Waals surface area contributed by atoms with Crippen molar-refractivity contribution >= 4 is 16.8 Å². The number of carbonyl (C=O) groups is 1. The van der Waals surface area contributed by atoms with E-state index in [2.05, 4.69) is 9.97 Å². The number of fused-ring (bicyclic) bond motifs is 2. The first-order valence-electron chi connectivity index (χ1n) is 12.0. The van der Waals surface area contributed by atoms with Crippen molar-refractivity contribution in [3.8, 4) is 22.8 Å². The van der Waals surface area contributed by atoms with E-state index in [1.54, 1.807) is 18.2 Å². The smallest absolute Gasteiger partial charge is 0.414 e. The highest BCUT2D eigenvalue weighted by molar-refractivity contribution is 5.99. The maximum absolute atomic E-state index is 14.1. The van der Waals surface area contributed by atoms with E-state index in [0.717, 1.165) is 18.2 Å². The van der Waals surface area contributed by atoms with E-state index in [-0.39, 0.29) is 40.4 Å². The Hall–Kier alpha value is -4.29.